The van der Waals surface area contributed by atoms with Crippen molar-refractivity contribution in [3.63, 3.8) is 0 Å². The summed E-state index contributed by atoms with van der Waals surface area (Å²) in [5.74, 6) is 2.06. The van der Waals surface area contributed by atoms with Crippen molar-refractivity contribution in [2.24, 2.45) is 0 Å². The molecule has 0 saturated heterocycles. The van der Waals surface area contributed by atoms with E-state index in [-0.39, 0.29) is 0 Å². The van der Waals surface area contributed by atoms with Gasteiger partial charge in [0.2, 0.25) is 0 Å². The maximum Gasteiger partial charge on any atom is 0.135 e. The number of nitrogens with two attached hydrogens (primary N) is 1. The fourth-order valence-corrected chi connectivity index (χ4v) is 2.40. The van der Waals surface area contributed by atoms with Crippen LogP contribution in [0.5, 0.6) is 0 Å². The van der Waals surface area contributed by atoms with Crippen LogP contribution in [0.25, 0.3) is 0 Å². The number of rotatable bonds is 3. The second kappa shape index (κ2) is 4.71. The number of hydrogen-bond donors (Lipinski definition) is 2. The highest BCUT2D eigenvalue weighted by atomic mass is 32.1. The molecule has 2 aromatic rings. The number of aryl methyl sites for hydroxylation is 2. The fourth-order valence-electron chi connectivity index (χ4n) is 1.57. The summed E-state index contributed by atoms with van der Waals surface area (Å²) in [6, 6.07) is 4.24. The predicted molar refractivity (Wildman–Crippen MR) is 72.3 cm³/mol. The van der Waals surface area contributed by atoms with Gasteiger partial charge in [-0.1, -0.05) is 0 Å². The molecule has 0 aliphatic rings. The summed E-state index contributed by atoms with van der Waals surface area (Å²) in [4.78, 5) is 11.1. The van der Waals surface area contributed by atoms with Crippen molar-refractivity contribution in [2.45, 2.75) is 27.3 Å². The maximum atomic E-state index is 5.81. The van der Waals surface area contributed by atoms with Crippen LogP contribution < -0.4 is 11.1 Å². The molecule has 0 saturated carbocycles. The average molecular weight is 248 g/mol. The van der Waals surface area contributed by atoms with E-state index >= 15 is 0 Å². The van der Waals surface area contributed by atoms with Crippen molar-refractivity contribution in [3.8, 4) is 0 Å². The second-order valence-electron chi connectivity index (χ2n) is 4.00. The summed E-state index contributed by atoms with van der Waals surface area (Å²) < 4.78 is 0. The molecule has 0 unspecified atom stereocenters. The van der Waals surface area contributed by atoms with Gasteiger partial charge in [-0.3, -0.25) is 0 Å². The van der Waals surface area contributed by atoms with E-state index in [1.807, 2.05) is 13.8 Å². The third-order valence-corrected chi connectivity index (χ3v) is 3.52. The first-order chi connectivity index (χ1) is 8.06. The number of anilines is 2. The van der Waals surface area contributed by atoms with Crippen LogP contribution in [-0.4, -0.2) is 9.97 Å². The van der Waals surface area contributed by atoms with Gasteiger partial charge in [0.05, 0.1) is 6.54 Å². The quantitative estimate of drug-likeness (QED) is 0.876. The molecular formula is C12H16N4S. The second-order valence-corrected chi connectivity index (χ2v) is 5.37. The van der Waals surface area contributed by atoms with Crippen molar-refractivity contribution >= 4 is 23.0 Å². The molecular weight excluding hydrogens is 232 g/mol. The molecule has 2 rings (SSSR count). The summed E-state index contributed by atoms with van der Waals surface area (Å²) in [5.41, 5.74) is 6.71. The van der Waals surface area contributed by atoms with E-state index in [1.54, 1.807) is 11.3 Å². The van der Waals surface area contributed by atoms with Gasteiger partial charge in [-0.15, -0.1) is 11.3 Å². The molecule has 17 heavy (non-hydrogen) atoms. The molecule has 4 nitrogen and oxygen atoms in total. The largest absolute Gasteiger partial charge is 0.383 e. The summed E-state index contributed by atoms with van der Waals surface area (Å²) in [7, 11) is 0. The van der Waals surface area contributed by atoms with Crippen LogP contribution in [0, 0.1) is 20.8 Å². The van der Waals surface area contributed by atoms with Gasteiger partial charge in [0.15, 0.2) is 0 Å². The molecule has 0 radical (unpaired) electrons. The van der Waals surface area contributed by atoms with E-state index in [1.165, 1.54) is 9.75 Å². The zero-order chi connectivity index (χ0) is 12.4. The highest BCUT2D eigenvalue weighted by Gasteiger charge is 2.06. The average Bonchev–Trinajstić information content (AvgIpc) is 2.67. The number of hydrogen-bond acceptors (Lipinski definition) is 5. The topological polar surface area (TPSA) is 63.8 Å². The minimum atomic E-state index is 0.544. The van der Waals surface area contributed by atoms with E-state index in [0.29, 0.717) is 11.6 Å². The molecule has 3 N–H and O–H groups in total. The minimum absolute atomic E-state index is 0.544. The molecule has 0 atom stereocenters. The lowest BCUT2D eigenvalue weighted by Gasteiger charge is -2.09. The van der Waals surface area contributed by atoms with Crippen LogP contribution in [-0.2, 0) is 6.54 Å². The molecule has 0 fully saturated rings. The predicted octanol–water partition coefficient (Wildman–Crippen LogP) is 2.66. The molecule has 0 aromatic carbocycles. The van der Waals surface area contributed by atoms with Gasteiger partial charge in [-0.05, 0) is 32.9 Å². The highest BCUT2D eigenvalue weighted by molar-refractivity contribution is 7.11. The Bertz CT molecular complexity index is 533. The third kappa shape index (κ3) is 2.74. The SMILES string of the molecule is Cc1nc(N)c(C)c(NCc2ccc(C)s2)n1. The van der Waals surface area contributed by atoms with Crippen molar-refractivity contribution in [1.82, 2.24) is 9.97 Å². The fraction of sp³-hybridized carbons (Fsp3) is 0.333. The van der Waals surface area contributed by atoms with Crippen LogP contribution in [0.1, 0.15) is 21.1 Å². The lowest BCUT2D eigenvalue weighted by Crippen LogP contribution is -2.07. The minimum Gasteiger partial charge on any atom is -0.383 e. The number of nitrogens with one attached hydrogen (secondary N) is 1. The van der Waals surface area contributed by atoms with E-state index < -0.39 is 0 Å². The Labute approximate surface area is 105 Å². The van der Waals surface area contributed by atoms with Gasteiger partial charge in [-0.2, -0.15) is 0 Å². The summed E-state index contributed by atoms with van der Waals surface area (Å²) in [6.45, 7) is 6.65. The molecule has 0 spiro atoms. The molecule has 2 aromatic heterocycles. The Morgan fingerprint density at radius 1 is 1.24 bits per heavy atom. The number of thiophene rings is 1. The van der Waals surface area contributed by atoms with E-state index in [4.69, 9.17) is 5.73 Å². The van der Waals surface area contributed by atoms with Crippen LogP contribution in [0.3, 0.4) is 0 Å². The van der Waals surface area contributed by atoms with E-state index in [9.17, 15) is 0 Å². The van der Waals surface area contributed by atoms with Crippen LogP contribution in [0.4, 0.5) is 11.6 Å². The smallest absolute Gasteiger partial charge is 0.135 e. The van der Waals surface area contributed by atoms with Crippen LogP contribution in [0.15, 0.2) is 12.1 Å². The van der Waals surface area contributed by atoms with Crippen molar-refractivity contribution in [2.75, 3.05) is 11.1 Å². The lowest BCUT2D eigenvalue weighted by atomic mass is 10.3. The Hall–Kier alpha value is -1.62. The number of nitrogens with zero attached hydrogens (tertiary/aromatic N) is 2. The Morgan fingerprint density at radius 3 is 2.65 bits per heavy atom. The van der Waals surface area contributed by atoms with Crippen molar-refractivity contribution < 1.29 is 0 Å². The molecule has 0 bridgehead atoms. The third-order valence-electron chi connectivity index (χ3n) is 2.52. The van der Waals surface area contributed by atoms with Crippen molar-refractivity contribution in [1.29, 1.82) is 0 Å². The number of nitrogen functional groups attached to an aromatic ring is 1. The maximum absolute atomic E-state index is 5.81. The number of aromatic nitrogens is 2. The molecule has 5 heteroatoms. The standard InChI is InChI=1S/C12H16N4S/c1-7-4-5-10(17-7)6-14-12-8(2)11(13)15-9(3)16-12/h4-5H,6H2,1-3H3,(H3,13,14,15,16). The molecule has 90 valence electrons. The van der Waals surface area contributed by atoms with Gasteiger partial charge < -0.3 is 11.1 Å². The van der Waals surface area contributed by atoms with Crippen molar-refractivity contribution in [3.05, 3.63) is 33.3 Å². The monoisotopic (exact) mass is 248 g/mol. The van der Waals surface area contributed by atoms with Crippen LogP contribution >= 0.6 is 11.3 Å². The first kappa shape index (κ1) is 11.9. The van der Waals surface area contributed by atoms with Gasteiger partial charge in [0.1, 0.15) is 17.5 Å². The van der Waals surface area contributed by atoms with E-state index in [0.717, 1.165) is 17.9 Å². The Morgan fingerprint density at radius 2 is 2.00 bits per heavy atom. The summed E-state index contributed by atoms with van der Waals surface area (Å²) in [5, 5.41) is 3.30. The zero-order valence-electron chi connectivity index (χ0n) is 10.2. The van der Waals surface area contributed by atoms with Gasteiger partial charge >= 0.3 is 0 Å². The summed E-state index contributed by atoms with van der Waals surface area (Å²) in [6.07, 6.45) is 0. The molecule has 0 amide bonds. The van der Waals surface area contributed by atoms with Gasteiger partial charge in [0, 0.05) is 15.3 Å². The molecule has 0 aliphatic carbocycles. The molecule has 2 heterocycles. The Balaban J connectivity index is 2.14. The lowest BCUT2D eigenvalue weighted by molar-refractivity contribution is 1.02. The van der Waals surface area contributed by atoms with Gasteiger partial charge in [0.25, 0.3) is 0 Å². The normalized spacial score (nSPS) is 10.5. The van der Waals surface area contributed by atoms with E-state index in [2.05, 4.69) is 34.3 Å². The Kier molecular flexibility index (Phi) is 3.28. The molecule has 0 aliphatic heterocycles. The first-order valence-corrected chi connectivity index (χ1v) is 6.28. The zero-order valence-corrected chi connectivity index (χ0v) is 11.1. The van der Waals surface area contributed by atoms with Crippen LogP contribution in [0.2, 0.25) is 0 Å². The summed E-state index contributed by atoms with van der Waals surface area (Å²) >= 11 is 1.78. The first-order valence-electron chi connectivity index (χ1n) is 5.46. The van der Waals surface area contributed by atoms with Gasteiger partial charge in [-0.25, -0.2) is 9.97 Å². The highest BCUT2D eigenvalue weighted by Crippen LogP contribution is 2.20.